The number of nitrogens with zero attached hydrogens (tertiary/aromatic N) is 1. The average molecular weight is 456 g/mol. The highest BCUT2D eigenvalue weighted by Gasteiger charge is 2.47. The van der Waals surface area contributed by atoms with Crippen LogP contribution < -0.4 is 9.64 Å². The molecule has 0 radical (unpaired) electrons. The van der Waals surface area contributed by atoms with Gasteiger partial charge in [-0.3, -0.25) is 14.5 Å². The van der Waals surface area contributed by atoms with E-state index in [-0.39, 0.29) is 23.2 Å². The van der Waals surface area contributed by atoms with E-state index >= 15 is 0 Å². The van der Waals surface area contributed by atoms with E-state index in [0.717, 1.165) is 23.3 Å². The van der Waals surface area contributed by atoms with Crippen LogP contribution in [0.3, 0.4) is 0 Å². The van der Waals surface area contributed by atoms with Crippen LogP contribution in [0.15, 0.2) is 72.3 Å². The summed E-state index contributed by atoms with van der Waals surface area (Å²) < 4.78 is 5.75. The maximum absolute atomic E-state index is 13.3. The summed E-state index contributed by atoms with van der Waals surface area (Å²) in [5.41, 5.74) is 3.70. The molecule has 2 aliphatic heterocycles. The Morgan fingerprint density at radius 2 is 1.74 bits per heavy atom. The number of aliphatic hydroxyl groups excluding tert-OH is 1. The number of rotatable bonds is 4. The van der Waals surface area contributed by atoms with Crippen molar-refractivity contribution >= 4 is 23.1 Å². The molecule has 0 saturated carbocycles. The van der Waals surface area contributed by atoms with Crippen LogP contribution in [0.25, 0.3) is 5.76 Å². The van der Waals surface area contributed by atoms with Gasteiger partial charge in [0.15, 0.2) is 0 Å². The predicted molar refractivity (Wildman–Crippen MR) is 129 cm³/mol. The second kappa shape index (κ2) is 8.37. The molecule has 3 aromatic carbocycles. The molecule has 2 unspecified atom stereocenters. The van der Waals surface area contributed by atoms with Gasteiger partial charge in [0.1, 0.15) is 23.4 Å². The summed E-state index contributed by atoms with van der Waals surface area (Å²) in [6.07, 6.45) is 1.60. The highest BCUT2D eigenvalue weighted by molar-refractivity contribution is 6.51. The topological polar surface area (TPSA) is 87.1 Å². The lowest BCUT2D eigenvalue weighted by Gasteiger charge is -2.25. The molecule has 1 amide bonds. The van der Waals surface area contributed by atoms with Crippen molar-refractivity contribution in [1.82, 2.24) is 0 Å². The van der Waals surface area contributed by atoms with Gasteiger partial charge in [0.05, 0.1) is 11.6 Å². The third-order valence-electron chi connectivity index (χ3n) is 6.45. The number of hydrogen-bond acceptors (Lipinski definition) is 5. The van der Waals surface area contributed by atoms with Crippen LogP contribution in [-0.4, -0.2) is 28.0 Å². The summed E-state index contributed by atoms with van der Waals surface area (Å²) >= 11 is 0. The van der Waals surface area contributed by atoms with Crippen molar-refractivity contribution in [2.45, 2.75) is 38.8 Å². The number of anilines is 1. The molecule has 3 aromatic rings. The smallest absolute Gasteiger partial charge is 0.300 e. The van der Waals surface area contributed by atoms with Gasteiger partial charge in [0, 0.05) is 17.7 Å². The number of carbonyl (C=O) groups is 2. The fraction of sp³-hybridized carbons (Fsp3) is 0.214. The van der Waals surface area contributed by atoms with Gasteiger partial charge in [0.2, 0.25) is 0 Å². The number of benzene rings is 3. The molecular formula is C28H25NO5. The van der Waals surface area contributed by atoms with Gasteiger partial charge in [0.25, 0.3) is 11.7 Å². The Morgan fingerprint density at radius 1 is 1.03 bits per heavy atom. The maximum Gasteiger partial charge on any atom is 0.300 e. The molecule has 6 heteroatoms. The number of aliphatic hydroxyl groups is 1. The van der Waals surface area contributed by atoms with E-state index in [2.05, 4.69) is 0 Å². The second-order valence-electron chi connectivity index (χ2n) is 8.74. The normalized spacial score (nSPS) is 20.9. The Hall–Kier alpha value is -4.06. The van der Waals surface area contributed by atoms with Gasteiger partial charge in [-0.2, -0.15) is 0 Å². The van der Waals surface area contributed by atoms with Crippen molar-refractivity contribution in [3.8, 4) is 11.5 Å². The standard InChI is InChI=1S/C28H25NO5/c1-3-17-4-9-21(10-5-17)29-25(18-6-11-22(30)12-7-18)24(27(32)28(29)33)26(31)19-8-13-23-20(15-19)14-16(2)34-23/h4-13,15-16,25,30-31H,3,14H2,1-2H3/b26-24-. The molecule has 34 heavy (non-hydrogen) atoms. The number of phenolic OH excluding ortho intramolecular Hbond substituents is 1. The molecule has 0 bridgehead atoms. The first-order chi connectivity index (χ1) is 16.4. The lowest BCUT2D eigenvalue weighted by Crippen LogP contribution is -2.29. The van der Waals surface area contributed by atoms with E-state index in [4.69, 9.17) is 4.74 Å². The summed E-state index contributed by atoms with van der Waals surface area (Å²) in [7, 11) is 0. The number of hydrogen-bond donors (Lipinski definition) is 2. The molecule has 1 saturated heterocycles. The van der Waals surface area contributed by atoms with E-state index in [9.17, 15) is 19.8 Å². The van der Waals surface area contributed by atoms with Gasteiger partial charge in [-0.1, -0.05) is 31.2 Å². The SMILES string of the molecule is CCc1ccc(N2C(=O)C(=O)/C(=C(\O)c3ccc4c(c3)CC(C)O4)C2c2ccc(O)cc2)cc1. The Morgan fingerprint density at radius 3 is 2.41 bits per heavy atom. The number of aromatic hydroxyl groups is 1. The van der Waals surface area contributed by atoms with Crippen LogP contribution in [0.2, 0.25) is 0 Å². The van der Waals surface area contributed by atoms with Gasteiger partial charge in [-0.25, -0.2) is 0 Å². The van der Waals surface area contributed by atoms with E-state index in [0.29, 0.717) is 23.2 Å². The quantitative estimate of drug-likeness (QED) is 0.332. The molecule has 1 fully saturated rings. The van der Waals surface area contributed by atoms with E-state index in [1.54, 1.807) is 24.3 Å². The van der Waals surface area contributed by atoms with E-state index in [1.807, 2.05) is 44.2 Å². The summed E-state index contributed by atoms with van der Waals surface area (Å²) in [5.74, 6) is -0.856. The number of aryl methyl sites for hydroxylation is 1. The minimum absolute atomic E-state index is 0.0159. The van der Waals surface area contributed by atoms with Crippen LogP contribution >= 0.6 is 0 Å². The summed E-state index contributed by atoms with van der Waals surface area (Å²) in [4.78, 5) is 27.9. The largest absolute Gasteiger partial charge is 0.508 e. The molecule has 2 N–H and O–H groups in total. The zero-order valence-electron chi connectivity index (χ0n) is 19.0. The zero-order valence-corrected chi connectivity index (χ0v) is 19.0. The highest BCUT2D eigenvalue weighted by Crippen LogP contribution is 2.43. The van der Waals surface area contributed by atoms with Gasteiger partial charge in [-0.05, 0) is 72.5 Å². The molecule has 2 heterocycles. The average Bonchev–Trinajstić information content (AvgIpc) is 3.34. The number of phenols is 1. The number of amides is 1. The van der Waals surface area contributed by atoms with Crippen molar-refractivity contribution in [3.63, 3.8) is 0 Å². The fourth-order valence-electron chi connectivity index (χ4n) is 4.69. The Labute approximate surface area is 197 Å². The summed E-state index contributed by atoms with van der Waals surface area (Å²) in [6.45, 7) is 4.01. The van der Waals surface area contributed by atoms with E-state index < -0.39 is 17.7 Å². The molecule has 0 aliphatic carbocycles. The first kappa shape index (κ1) is 21.8. The molecule has 2 atom stereocenters. The van der Waals surface area contributed by atoms with Crippen LogP contribution in [-0.2, 0) is 22.4 Å². The molecule has 5 rings (SSSR count). The molecule has 0 aromatic heterocycles. The number of ether oxygens (including phenoxy) is 1. The molecule has 0 spiro atoms. The van der Waals surface area contributed by atoms with Crippen molar-refractivity contribution in [1.29, 1.82) is 0 Å². The molecular weight excluding hydrogens is 430 g/mol. The number of ketones is 1. The van der Waals surface area contributed by atoms with Crippen LogP contribution in [0, 0.1) is 0 Å². The van der Waals surface area contributed by atoms with Crippen molar-refractivity contribution in [3.05, 3.63) is 94.6 Å². The van der Waals surface area contributed by atoms with Crippen LogP contribution in [0.4, 0.5) is 5.69 Å². The Kier molecular flexibility index (Phi) is 5.36. The van der Waals surface area contributed by atoms with Gasteiger partial charge in [-0.15, -0.1) is 0 Å². The van der Waals surface area contributed by atoms with Crippen LogP contribution in [0.5, 0.6) is 11.5 Å². The van der Waals surface area contributed by atoms with E-state index in [1.165, 1.54) is 17.0 Å². The number of Topliss-reactive ketones (excluding diaryl/α,β-unsaturated/α-hetero) is 1. The van der Waals surface area contributed by atoms with Crippen molar-refractivity contribution in [2.24, 2.45) is 0 Å². The highest BCUT2D eigenvalue weighted by atomic mass is 16.5. The minimum Gasteiger partial charge on any atom is -0.508 e. The third-order valence-corrected chi connectivity index (χ3v) is 6.45. The zero-order chi connectivity index (χ0) is 24.0. The monoisotopic (exact) mass is 455 g/mol. The fourth-order valence-corrected chi connectivity index (χ4v) is 4.69. The summed E-state index contributed by atoms with van der Waals surface area (Å²) in [5, 5.41) is 21.1. The molecule has 172 valence electrons. The third kappa shape index (κ3) is 3.61. The first-order valence-electron chi connectivity index (χ1n) is 11.4. The molecule has 2 aliphatic rings. The maximum atomic E-state index is 13.3. The first-order valence-corrected chi connectivity index (χ1v) is 11.4. The summed E-state index contributed by atoms with van der Waals surface area (Å²) in [6, 6.07) is 18.2. The number of carbonyl (C=O) groups excluding carboxylic acids is 2. The lowest BCUT2D eigenvalue weighted by molar-refractivity contribution is -0.132. The lowest BCUT2D eigenvalue weighted by atomic mass is 9.94. The minimum atomic E-state index is -0.837. The Balaban J connectivity index is 1.67. The Bertz CT molecular complexity index is 1310. The molecule has 6 nitrogen and oxygen atoms in total. The van der Waals surface area contributed by atoms with Gasteiger partial charge >= 0.3 is 0 Å². The van der Waals surface area contributed by atoms with Crippen molar-refractivity contribution < 1.29 is 24.5 Å². The predicted octanol–water partition coefficient (Wildman–Crippen LogP) is 4.90. The van der Waals surface area contributed by atoms with Gasteiger partial charge < -0.3 is 14.9 Å². The second-order valence-corrected chi connectivity index (χ2v) is 8.74. The van der Waals surface area contributed by atoms with Crippen molar-refractivity contribution in [2.75, 3.05) is 4.90 Å². The van der Waals surface area contributed by atoms with Crippen LogP contribution in [0.1, 0.15) is 42.1 Å². The number of fused-ring (bicyclic) bond motifs is 1.